The van der Waals surface area contributed by atoms with Crippen molar-refractivity contribution in [3.05, 3.63) is 46.4 Å². The highest BCUT2D eigenvalue weighted by Gasteiger charge is 2.28. The van der Waals surface area contributed by atoms with E-state index < -0.39 is 45.9 Å². The number of halogens is 3. The second kappa shape index (κ2) is 7.63. The number of Topliss-reactive ketones (excluding diaryl/α,β-unsaturated/α-hetero) is 1. The number of rotatable bonds is 6. The minimum absolute atomic E-state index is 0.00875. The third-order valence-corrected chi connectivity index (χ3v) is 2.82. The average Bonchev–Trinajstić information content (AvgIpc) is 2.45. The van der Waals surface area contributed by atoms with Crippen molar-refractivity contribution in [1.82, 2.24) is 5.32 Å². The zero-order chi connectivity index (χ0) is 16.9. The van der Waals surface area contributed by atoms with E-state index in [0.717, 1.165) is 13.1 Å². The molecule has 22 heavy (non-hydrogen) atoms. The van der Waals surface area contributed by atoms with Crippen molar-refractivity contribution < 1.29 is 27.5 Å². The second-order valence-corrected chi connectivity index (χ2v) is 4.32. The summed E-state index contributed by atoms with van der Waals surface area (Å²) in [4.78, 5) is 24.1. The van der Waals surface area contributed by atoms with E-state index in [1.165, 1.54) is 6.92 Å². The first-order valence-electron chi connectivity index (χ1n) is 6.64. The van der Waals surface area contributed by atoms with E-state index in [4.69, 9.17) is 4.74 Å². The Morgan fingerprint density at radius 2 is 1.86 bits per heavy atom. The summed E-state index contributed by atoms with van der Waals surface area (Å²) in [6, 6.07) is 0.269. The fourth-order valence-electron chi connectivity index (χ4n) is 1.76. The lowest BCUT2D eigenvalue weighted by Gasteiger charge is -2.11. The van der Waals surface area contributed by atoms with Crippen LogP contribution in [0.5, 0.6) is 0 Å². The first-order chi connectivity index (χ1) is 10.3. The molecule has 0 saturated carbocycles. The average molecular weight is 315 g/mol. The van der Waals surface area contributed by atoms with Crippen LogP contribution in [0, 0.1) is 24.4 Å². The number of esters is 1. The standard InChI is InChI=1S/C15H16F3NO3/c1-4-19-7-9(15(21)22-5-2)14(20)12-8(3)13(18)11(17)6-10(12)16/h6-7,19H,4-5H2,1-3H3/b9-7-. The van der Waals surface area contributed by atoms with Crippen LogP contribution >= 0.6 is 0 Å². The van der Waals surface area contributed by atoms with Crippen LogP contribution in [-0.2, 0) is 9.53 Å². The van der Waals surface area contributed by atoms with E-state index >= 15 is 0 Å². The summed E-state index contributed by atoms with van der Waals surface area (Å²) in [6.45, 7) is 4.72. The number of carbonyl (C=O) groups is 2. The summed E-state index contributed by atoms with van der Waals surface area (Å²) in [5.74, 6) is -6.03. The first-order valence-corrected chi connectivity index (χ1v) is 6.64. The van der Waals surface area contributed by atoms with Gasteiger partial charge in [-0.1, -0.05) is 0 Å². The number of hydrogen-bond acceptors (Lipinski definition) is 4. The van der Waals surface area contributed by atoms with Gasteiger partial charge in [0.2, 0.25) is 5.78 Å². The van der Waals surface area contributed by atoms with Crippen LogP contribution in [0.2, 0.25) is 0 Å². The van der Waals surface area contributed by atoms with E-state index in [1.54, 1.807) is 6.92 Å². The van der Waals surface area contributed by atoms with E-state index in [0.29, 0.717) is 6.54 Å². The number of carbonyl (C=O) groups excluding carboxylic acids is 2. The van der Waals surface area contributed by atoms with Gasteiger partial charge in [-0.15, -0.1) is 0 Å². The maximum Gasteiger partial charge on any atom is 0.343 e. The lowest BCUT2D eigenvalue weighted by molar-refractivity contribution is -0.138. The third-order valence-electron chi connectivity index (χ3n) is 2.82. The zero-order valence-electron chi connectivity index (χ0n) is 12.4. The summed E-state index contributed by atoms with van der Waals surface area (Å²) >= 11 is 0. The molecule has 0 aromatic heterocycles. The second-order valence-electron chi connectivity index (χ2n) is 4.32. The maximum absolute atomic E-state index is 13.8. The predicted octanol–water partition coefficient (Wildman–Crippen LogP) is 2.65. The highest BCUT2D eigenvalue weighted by molar-refractivity contribution is 6.24. The van der Waals surface area contributed by atoms with Gasteiger partial charge in [-0.05, 0) is 20.8 Å². The number of ketones is 1. The topological polar surface area (TPSA) is 55.4 Å². The molecule has 0 amide bonds. The largest absolute Gasteiger partial charge is 0.462 e. The molecule has 0 aliphatic carbocycles. The van der Waals surface area contributed by atoms with Crippen molar-refractivity contribution in [2.24, 2.45) is 0 Å². The Morgan fingerprint density at radius 3 is 2.41 bits per heavy atom. The van der Waals surface area contributed by atoms with Crippen LogP contribution in [0.15, 0.2) is 17.8 Å². The fourth-order valence-corrected chi connectivity index (χ4v) is 1.76. The van der Waals surface area contributed by atoms with Crippen molar-refractivity contribution in [3.8, 4) is 0 Å². The molecule has 120 valence electrons. The minimum Gasteiger partial charge on any atom is -0.462 e. The minimum atomic E-state index is -1.40. The first kappa shape index (κ1) is 17.7. The smallest absolute Gasteiger partial charge is 0.343 e. The van der Waals surface area contributed by atoms with E-state index in [2.05, 4.69) is 5.32 Å². The lowest BCUT2D eigenvalue weighted by Crippen LogP contribution is -2.21. The fraction of sp³-hybridized carbons (Fsp3) is 0.333. The van der Waals surface area contributed by atoms with Crippen LogP contribution in [0.1, 0.15) is 29.8 Å². The van der Waals surface area contributed by atoms with E-state index in [1.807, 2.05) is 0 Å². The van der Waals surface area contributed by atoms with Crippen molar-refractivity contribution in [1.29, 1.82) is 0 Å². The molecule has 0 bridgehead atoms. The molecule has 0 aliphatic heterocycles. The molecule has 7 heteroatoms. The maximum atomic E-state index is 13.8. The molecule has 1 aromatic rings. The number of nitrogens with one attached hydrogen (secondary N) is 1. The van der Waals surface area contributed by atoms with Crippen LogP contribution < -0.4 is 5.32 Å². The van der Waals surface area contributed by atoms with Gasteiger partial charge in [-0.25, -0.2) is 18.0 Å². The Kier molecular flexibility index (Phi) is 6.15. The van der Waals surface area contributed by atoms with E-state index in [9.17, 15) is 22.8 Å². The van der Waals surface area contributed by atoms with Crippen LogP contribution in [0.3, 0.4) is 0 Å². The molecule has 4 nitrogen and oxygen atoms in total. The van der Waals surface area contributed by atoms with Crippen molar-refractivity contribution in [2.45, 2.75) is 20.8 Å². The van der Waals surface area contributed by atoms with Gasteiger partial charge in [-0.3, -0.25) is 4.79 Å². The van der Waals surface area contributed by atoms with Crippen molar-refractivity contribution in [3.63, 3.8) is 0 Å². The Morgan fingerprint density at radius 1 is 1.23 bits per heavy atom. The molecule has 1 N–H and O–H groups in total. The van der Waals surface area contributed by atoms with Gasteiger partial charge >= 0.3 is 5.97 Å². The highest BCUT2D eigenvalue weighted by Crippen LogP contribution is 2.23. The SMILES string of the molecule is CCN/C=C(\C(=O)OCC)C(=O)c1c(F)cc(F)c(F)c1C. The van der Waals surface area contributed by atoms with Crippen molar-refractivity contribution in [2.75, 3.05) is 13.2 Å². The quantitative estimate of drug-likeness (QED) is 0.219. The molecule has 0 heterocycles. The van der Waals surface area contributed by atoms with Crippen LogP contribution in [0.4, 0.5) is 13.2 Å². The Balaban J connectivity index is 3.37. The van der Waals surface area contributed by atoms with Gasteiger partial charge in [0.1, 0.15) is 11.4 Å². The van der Waals surface area contributed by atoms with Gasteiger partial charge < -0.3 is 10.1 Å². The van der Waals surface area contributed by atoms with Crippen LogP contribution in [-0.4, -0.2) is 24.9 Å². The Hall–Kier alpha value is -2.31. The summed E-state index contributed by atoms with van der Waals surface area (Å²) < 4.78 is 45.2. The number of hydrogen-bond donors (Lipinski definition) is 1. The zero-order valence-corrected chi connectivity index (χ0v) is 12.4. The third kappa shape index (κ3) is 3.66. The molecular formula is C15H16F3NO3. The van der Waals surface area contributed by atoms with Gasteiger partial charge in [0.15, 0.2) is 11.6 Å². The van der Waals surface area contributed by atoms with Gasteiger partial charge in [0.25, 0.3) is 0 Å². The molecule has 0 unspecified atom stereocenters. The summed E-state index contributed by atoms with van der Waals surface area (Å²) in [5, 5.41) is 2.63. The van der Waals surface area contributed by atoms with Gasteiger partial charge in [0.05, 0.1) is 12.2 Å². The monoisotopic (exact) mass is 315 g/mol. The lowest BCUT2D eigenvalue weighted by atomic mass is 9.98. The Labute approximate surface area is 126 Å². The molecule has 0 spiro atoms. The predicted molar refractivity (Wildman–Crippen MR) is 73.8 cm³/mol. The molecule has 0 saturated heterocycles. The molecule has 1 rings (SSSR count). The number of benzene rings is 1. The summed E-state index contributed by atoms with van der Waals surface area (Å²) in [6.07, 6.45) is 1.07. The Bertz CT molecular complexity index is 627. The molecule has 0 radical (unpaired) electrons. The summed E-state index contributed by atoms with van der Waals surface area (Å²) in [5.41, 5.74) is -1.69. The molecule has 0 fully saturated rings. The van der Waals surface area contributed by atoms with Crippen molar-refractivity contribution >= 4 is 11.8 Å². The highest BCUT2D eigenvalue weighted by atomic mass is 19.2. The molecule has 0 atom stereocenters. The summed E-state index contributed by atoms with van der Waals surface area (Å²) in [7, 11) is 0. The molecular weight excluding hydrogens is 299 g/mol. The van der Waals surface area contributed by atoms with E-state index in [-0.39, 0.29) is 12.7 Å². The number of ether oxygens (including phenoxy) is 1. The normalized spacial score (nSPS) is 11.3. The van der Waals surface area contributed by atoms with Crippen LogP contribution in [0.25, 0.3) is 0 Å². The van der Waals surface area contributed by atoms with Gasteiger partial charge in [-0.2, -0.15) is 0 Å². The molecule has 0 aliphatic rings. The molecule has 1 aromatic carbocycles. The van der Waals surface area contributed by atoms with Gasteiger partial charge in [0, 0.05) is 24.4 Å².